The second-order valence-electron chi connectivity index (χ2n) is 6.70. The first-order valence-electron chi connectivity index (χ1n) is 8.38. The summed E-state index contributed by atoms with van der Waals surface area (Å²) in [5, 5.41) is 0. The lowest BCUT2D eigenvalue weighted by Crippen LogP contribution is -2.46. The second-order valence-corrected chi connectivity index (χ2v) is 7.77. The Labute approximate surface area is 151 Å². The number of nitrogens with zero attached hydrogens (tertiary/aromatic N) is 1. The number of rotatable bonds is 4. The van der Waals surface area contributed by atoms with E-state index in [4.69, 9.17) is 4.18 Å². The quantitative estimate of drug-likeness (QED) is 0.840. The number of Topliss-reactive ketones (excluding diaryl/α,β-unsaturated/α-hetero) is 1. The van der Waals surface area contributed by atoms with Crippen molar-refractivity contribution in [3.63, 3.8) is 0 Å². The predicted molar refractivity (Wildman–Crippen MR) is 99.6 cm³/mol. The van der Waals surface area contributed by atoms with Crippen LogP contribution in [0.4, 0.5) is 0 Å². The van der Waals surface area contributed by atoms with Gasteiger partial charge in [-0.3, -0.25) is 4.79 Å². The smallest absolute Gasteiger partial charge is 0.291 e. The van der Waals surface area contributed by atoms with Crippen LogP contribution in [0.3, 0.4) is 0 Å². The van der Waals surface area contributed by atoms with E-state index in [1.807, 2.05) is 57.2 Å². The minimum atomic E-state index is -1.73. The molecular weight excluding hydrogens is 334 g/mol. The highest BCUT2D eigenvalue weighted by atomic mass is 32.2. The molecule has 1 heterocycles. The molecule has 2 unspecified atom stereocenters. The van der Waals surface area contributed by atoms with E-state index in [1.165, 1.54) is 0 Å². The second kappa shape index (κ2) is 7.10. The van der Waals surface area contributed by atoms with Gasteiger partial charge in [0.1, 0.15) is 11.5 Å². The molecule has 0 fully saturated rings. The molecule has 0 bridgehead atoms. The van der Waals surface area contributed by atoms with Gasteiger partial charge in [-0.15, -0.1) is 0 Å². The van der Waals surface area contributed by atoms with Crippen LogP contribution in [0.25, 0.3) is 0 Å². The average molecular weight is 357 g/mol. The molecule has 0 spiro atoms. The number of ketones is 1. The fraction of sp³-hybridized carbons (Fsp3) is 0.350. The van der Waals surface area contributed by atoms with Crippen LogP contribution in [0.15, 0.2) is 36.4 Å². The summed E-state index contributed by atoms with van der Waals surface area (Å²) >= 11 is -1.73. The zero-order chi connectivity index (χ0) is 18.1. The number of carbonyl (C=O) groups excluding carboxylic acids is 1. The van der Waals surface area contributed by atoms with Crippen molar-refractivity contribution in [2.75, 3.05) is 0 Å². The van der Waals surface area contributed by atoms with E-state index in [1.54, 1.807) is 11.2 Å². The van der Waals surface area contributed by atoms with E-state index in [2.05, 4.69) is 0 Å². The largest absolute Gasteiger partial charge is 0.388 e. The van der Waals surface area contributed by atoms with Gasteiger partial charge in [-0.05, 0) is 56.4 Å². The molecule has 3 rings (SSSR count). The van der Waals surface area contributed by atoms with Gasteiger partial charge in [-0.1, -0.05) is 42.0 Å². The van der Waals surface area contributed by atoms with Crippen molar-refractivity contribution in [1.82, 2.24) is 4.31 Å². The monoisotopic (exact) mass is 357 g/mol. The van der Waals surface area contributed by atoms with Gasteiger partial charge in [0, 0.05) is 6.54 Å². The Morgan fingerprint density at radius 3 is 2.32 bits per heavy atom. The Morgan fingerprint density at radius 1 is 1.12 bits per heavy atom. The Hall–Kier alpha value is -1.98. The first-order valence-corrected chi connectivity index (χ1v) is 9.42. The molecule has 1 aliphatic heterocycles. The van der Waals surface area contributed by atoms with E-state index in [9.17, 15) is 9.00 Å². The Kier molecular flexibility index (Phi) is 5.06. The van der Waals surface area contributed by atoms with Crippen molar-refractivity contribution in [2.45, 2.75) is 46.7 Å². The van der Waals surface area contributed by atoms with E-state index in [0.717, 1.165) is 27.8 Å². The van der Waals surface area contributed by atoms with Gasteiger partial charge in [0.15, 0.2) is 0 Å². The van der Waals surface area contributed by atoms with Crippen molar-refractivity contribution >= 4 is 17.0 Å². The number of hydrogen-bond donors (Lipinski definition) is 0. The summed E-state index contributed by atoms with van der Waals surface area (Å²) in [7, 11) is 0. The van der Waals surface area contributed by atoms with Crippen LogP contribution in [0.5, 0.6) is 5.75 Å². The molecule has 0 saturated heterocycles. The van der Waals surface area contributed by atoms with Crippen LogP contribution < -0.4 is 4.18 Å². The Morgan fingerprint density at radius 2 is 1.72 bits per heavy atom. The summed E-state index contributed by atoms with van der Waals surface area (Å²) in [5.74, 6) is 0.633. The third-order valence-corrected chi connectivity index (χ3v) is 5.70. The van der Waals surface area contributed by atoms with Gasteiger partial charge in [0.2, 0.25) is 0 Å². The third kappa shape index (κ3) is 3.67. The highest BCUT2D eigenvalue weighted by Crippen LogP contribution is 2.29. The van der Waals surface area contributed by atoms with E-state index in [0.29, 0.717) is 18.7 Å². The highest BCUT2D eigenvalue weighted by molar-refractivity contribution is 7.78. The average Bonchev–Trinajstić information content (AvgIpc) is 2.56. The summed E-state index contributed by atoms with van der Waals surface area (Å²) in [6.45, 7) is 7.90. The maximum absolute atomic E-state index is 12.9. The van der Waals surface area contributed by atoms with Gasteiger partial charge in [0.25, 0.3) is 11.3 Å². The van der Waals surface area contributed by atoms with Crippen molar-refractivity contribution in [2.24, 2.45) is 0 Å². The summed E-state index contributed by atoms with van der Waals surface area (Å²) in [6.07, 6.45) is 0.562. The van der Waals surface area contributed by atoms with Crippen molar-refractivity contribution < 1.29 is 13.2 Å². The Balaban J connectivity index is 1.89. The molecule has 0 aromatic heterocycles. The number of carbonyl (C=O) groups is 1. The molecule has 132 valence electrons. The summed E-state index contributed by atoms with van der Waals surface area (Å²) in [4.78, 5) is 12.1. The van der Waals surface area contributed by atoms with E-state index < -0.39 is 17.3 Å². The molecule has 2 atom stereocenters. The van der Waals surface area contributed by atoms with Crippen LogP contribution >= 0.6 is 0 Å². The number of fused-ring (bicyclic) bond motifs is 1. The molecule has 5 heteroatoms. The van der Waals surface area contributed by atoms with Gasteiger partial charge in [-0.25, -0.2) is 0 Å². The summed E-state index contributed by atoms with van der Waals surface area (Å²) in [6, 6.07) is 11.6. The molecule has 0 amide bonds. The van der Waals surface area contributed by atoms with Crippen LogP contribution in [0.1, 0.15) is 34.7 Å². The van der Waals surface area contributed by atoms with Gasteiger partial charge < -0.3 is 4.18 Å². The summed E-state index contributed by atoms with van der Waals surface area (Å²) < 4.78 is 20.4. The maximum Gasteiger partial charge on any atom is 0.291 e. The lowest BCUT2D eigenvalue weighted by Gasteiger charge is -2.33. The fourth-order valence-electron chi connectivity index (χ4n) is 3.42. The molecule has 0 radical (unpaired) electrons. The minimum Gasteiger partial charge on any atom is -0.388 e. The van der Waals surface area contributed by atoms with Crippen LogP contribution in [-0.4, -0.2) is 20.3 Å². The van der Waals surface area contributed by atoms with Gasteiger partial charge >= 0.3 is 0 Å². The van der Waals surface area contributed by atoms with Gasteiger partial charge in [0.05, 0.1) is 6.04 Å². The lowest BCUT2D eigenvalue weighted by molar-refractivity contribution is -0.120. The number of benzene rings is 2. The molecule has 4 nitrogen and oxygen atoms in total. The lowest BCUT2D eigenvalue weighted by atomic mass is 9.94. The molecule has 2 aromatic rings. The zero-order valence-corrected chi connectivity index (χ0v) is 15.9. The first-order chi connectivity index (χ1) is 11.9. The highest BCUT2D eigenvalue weighted by Gasteiger charge is 2.34. The van der Waals surface area contributed by atoms with Crippen molar-refractivity contribution in [3.05, 3.63) is 64.2 Å². The zero-order valence-electron chi connectivity index (χ0n) is 15.0. The minimum absolute atomic E-state index is 0.00352. The SMILES string of the molecule is CC(=O)C1Cc2ccccc2CN1S(=O)Oc1c(C)cc(C)cc1C. The van der Waals surface area contributed by atoms with Gasteiger partial charge in [-0.2, -0.15) is 8.51 Å². The maximum atomic E-state index is 12.9. The normalized spacial score (nSPS) is 18.5. The van der Waals surface area contributed by atoms with Crippen LogP contribution in [0, 0.1) is 20.8 Å². The topological polar surface area (TPSA) is 46.6 Å². The number of aryl methyl sites for hydroxylation is 3. The molecule has 0 N–H and O–H groups in total. The predicted octanol–water partition coefficient (Wildman–Crippen LogP) is 3.59. The fourth-order valence-corrected chi connectivity index (χ4v) is 4.60. The van der Waals surface area contributed by atoms with Crippen molar-refractivity contribution in [1.29, 1.82) is 0 Å². The van der Waals surface area contributed by atoms with E-state index >= 15 is 0 Å². The third-order valence-electron chi connectivity index (χ3n) is 4.63. The molecule has 25 heavy (non-hydrogen) atoms. The molecule has 0 aliphatic carbocycles. The van der Waals surface area contributed by atoms with Crippen molar-refractivity contribution in [3.8, 4) is 5.75 Å². The molecule has 1 aliphatic rings. The van der Waals surface area contributed by atoms with Crippen LogP contribution in [-0.2, 0) is 29.0 Å². The standard InChI is InChI=1S/C20H23NO3S/c1-13-9-14(2)20(15(3)10-13)24-25(23)21-12-18-8-6-5-7-17(18)11-19(21)16(4)22/h5-10,19H,11-12H2,1-4H3. The molecule has 2 aromatic carbocycles. The Bertz CT molecular complexity index is 824. The first kappa shape index (κ1) is 17.8. The molecule has 0 saturated carbocycles. The van der Waals surface area contributed by atoms with E-state index in [-0.39, 0.29) is 5.78 Å². The summed E-state index contributed by atoms with van der Waals surface area (Å²) in [5.41, 5.74) is 5.26. The van der Waals surface area contributed by atoms with Crippen LogP contribution in [0.2, 0.25) is 0 Å². The number of hydrogen-bond acceptors (Lipinski definition) is 3. The molecular formula is C20H23NO3S.